The molecule has 0 unspecified atom stereocenters. The first-order valence-corrected chi connectivity index (χ1v) is 9.99. The van der Waals surface area contributed by atoms with Crippen molar-refractivity contribution in [2.24, 2.45) is 0 Å². The lowest BCUT2D eigenvalue weighted by Crippen LogP contribution is -2.37. The Kier molecular flexibility index (Phi) is 7.65. The highest BCUT2D eigenvalue weighted by Crippen LogP contribution is 2.37. The van der Waals surface area contributed by atoms with Crippen molar-refractivity contribution in [2.75, 3.05) is 7.11 Å². The second kappa shape index (κ2) is 9.32. The van der Waals surface area contributed by atoms with E-state index in [1.165, 1.54) is 0 Å². The maximum Gasteiger partial charge on any atom is 0.175 e. The van der Waals surface area contributed by atoms with E-state index in [4.69, 9.17) is 32.7 Å². The summed E-state index contributed by atoms with van der Waals surface area (Å²) in [5.74, 6) is 1.35. The summed E-state index contributed by atoms with van der Waals surface area (Å²) in [6.07, 6.45) is 1.05. The molecular weight excluding hydrogens is 437 g/mol. The number of nitrogens with one attached hydrogen (secondary N) is 1. The van der Waals surface area contributed by atoms with Crippen molar-refractivity contribution >= 4 is 39.1 Å². The maximum absolute atomic E-state index is 6.06. The van der Waals surface area contributed by atoms with E-state index in [-0.39, 0.29) is 5.54 Å². The Hall–Kier alpha value is -0.940. The van der Waals surface area contributed by atoms with Crippen LogP contribution in [0, 0.1) is 0 Å². The molecule has 0 aliphatic carbocycles. The van der Waals surface area contributed by atoms with Gasteiger partial charge in [0.2, 0.25) is 0 Å². The molecule has 142 valence electrons. The van der Waals surface area contributed by atoms with Crippen molar-refractivity contribution in [1.29, 1.82) is 0 Å². The van der Waals surface area contributed by atoms with E-state index in [0.29, 0.717) is 28.2 Å². The SMILES string of the molecule is CCC(C)(C)NCc1cc(Br)c(OCc2ccc(Cl)c(Cl)c2)c(OC)c1. The summed E-state index contributed by atoms with van der Waals surface area (Å²) in [5, 5.41) is 4.59. The molecule has 0 saturated heterocycles. The number of halogens is 3. The fourth-order valence-corrected chi connectivity index (χ4v) is 3.19. The Morgan fingerprint density at radius 1 is 1.08 bits per heavy atom. The summed E-state index contributed by atoms with van der Waals surface area (Å²) in [6, 6.07) is 9.49. The van der Waals surface area contributed by atoms with E-state index in [1.807, 2.05) is 18.2 Å². The van der Waals surface area contributed by atoms with Gasteiger partial charge < -0.3 is 14.8 Å². The van der Waals surface area contributed by atoms with E-state index in [9.17, 15) is 0 Å². The molecule has 0 amide bonds. The lowest BCUT2D eigenvalue weighted by Gasteiger charge is -2.25. The molecule has 0 aromatic heterocycles. The molecule has 0 radical (unpaired) electrons. The van der Waals surface area contributed by atoms with Gasteiger partial charge >= 0.3 is 0 Å². The zero-order valence-electron chi connectivity index (χ0n) is 15.5. The lowest BCUT2D eigenvalue weighted by molar-refractivity contribution is 0.282. The van der Waals surface area contributed by atoms with Crippen LogP contribution in [0.3, 0.4) is 0 Å². The molecule has 6 heteroatoms. The number of hydrogen-bond acceptors (Lipinski definition) is 3. The molecule has 0 saturated carbocycles. The molecule has 0 fully saturated rings. The molecule has 0 aliphatic heterocycles. The number of ether oxygens (including phenoxy) is 2. The third-order valence-electron chi connectivity index (χ3n) is 4.31. The minimum atomic E-state index is 0.0860. The number of hydrogen-bond donors (Lipinski definition) is 1. The van der Waals surface area contributed by atoms with Gasteiger partial charge in [0.05, 0.1) is 21.6 Å². The smallest absolute Gasteiger partial charge is 0.175 e. The van der Waals surface area contributed by atoms with Gasteiger partial charge in [-0.25, -0.2) is 0 Å². The van der Waals surface area contributed by atoms with E-state index < -0.39 is 0 Å². The summed E-state index contributed by atoms with van der Waals surface area (Å²) in [6.45, 7) is 7.67. The van der Waals surface area contributed by atoms with Gasteiger partial charge in [0.25, 0.3) is 0 Å². The van der Waals surface area contributed by atoms with Crippen molar-refractivity contribution in [2.45, 2.75) is 45.9 Å². The Labute approximate surface area is 174 Å². The third-order valence-corrected chi connectivity index (χ3v) is 5.64. The summed E-state index contributed by atoms with van der Waals surface area (Å²) in [4.78, 5) is 0. The molecule has 2 aromatic carbocycles. The molecule has 2 rings (SSSR count). The standard InChI is InChI=1S/C20H24BrCl2NO2/c1-5-20(2,3)24-11-14-8-15(21)19(18(10-14)25-4)26-12-13-6-7-16(22)17(23)9-13/h6-10,24H,5,11-12H2,1-4H3. The predicted octanol–water partition coefficient (Wildman–Crippen LogP) is 6.62. The summed E-state index contributed by atoms with van der Waals surface area (Å²) < 4.78 is 12.3. The van der Waals surface area contributed by atoms with Gasteiger partial charge in [-0.15, -0.1) is 0 Å². The minimum Gasteiger partial charge on any atom is -0.493 e. The molecule has 0 bridgehead atoms. The second-order valence-electron chi connectivity index (χ2n) is 6.74. The Morgan fingerprint density at radius 2 is 1.81 bits per heavy atom. The molecular formula is C20H24BrCl2NO2. The highest BCUT2D eigenvalue weighted by molar-refractivity contribution is 9.10. The van der Waals surface area contributed by atoms with Crippen LogP contribution in [-0.4, -0.2) is 12.6 Å². The first kappa shape index (κ1) is 21.4. The van der Waals surface area contributed by atoms with Crippen LogP contribution in [0.2, 0.25) is 10.0 Å². The van der Waals surface area contributed by atoms with Crippen LogP contribution in [0.15, 0.2) is 34.8 Å². The summed E-state index contributed by atoms with van der Waals surface area (Å²) >= 11 is 15.6. The molecule has 0 heterocycles. The van der Waals surface area contributed by atoms with Gasteiger partial charge in [-0.1, -0.05) is 36.2 Å². The van der Waals surface area contributed by atoms with Gasteiger partial charge in [-0.3, -0.25) is 0 Å². The van der Waals surface area contributed by atoms with Crippen LogP contribution < -0.4 is 14.8 Å². The van der Waals surface area contributed by atoms with Gasteiger partial charge in [-0.2, -0.15) is 0 Å². The van der Waals surface area contributed by atoms with Crippen molar-refractivity contribution in [3.63, 3.8) is 0 Å². The van der Waals surface area contributed by atoms with Crippen molar-refractivity contribution < 1.29 is 9.47 Å². The van der Waals surface area contributed by atoms with Crippen LogP contribution in [0.1, 0.15) is 38.3 Å². The van der Waals surface area contributed by atoms with Crippen molar-refractivity contribution in [3.05, 3.63) is 56.0 Å². The summed E-state index contributed by atoms with van der Waals surface area (Å²) in [7, 11) is 1.64. The first-order chi connectivity index (χ1) is 12.3. The highest BCUT2D eigenvalue weighted by atomic mass is 79.9. The Balaban J connectivity index is 2.14. The zero-order valence-corrected chi connectivity index (χ0v) is 18.6. The van der Waals surface area contributed by atoms with Crippen LogP contribution in [0.25, 0.3) is 0 Å². The van der Waals surface area contributed by atoms with Crippen LogP contribution in [-0.2, 0) is 13.2 Å². The summed E-state index contributed by atoms with van der Waals surface area (Å²) in [5.41, 5.74) is 2.14. The number of benzene rings is 2. The molecule has 0 atom stereocenters. The number of rotatable bonds is 8. The second-order valence-corrected chi connectivity index (χ2v) is 8.41. The molecule has 26 heavy (non-hydrogen) atoms. The fourth-order valence-electron chi connectivity index (χ4n) is 2.27. The lowest BCUT2D eigenvalue weighted by atomic mass is 10.0. The minimum absolute atomic E-state index is 0.0860. The van der Waals surface area contributed by atoms with E-state index >= 15 is 0 Å². The zero-order chi connectivity index (χ0) is 19.3. The average molecular weight is 461 g/mol. The highest BCUT2D eigenvalue weighted by Gasteiger charge is 2.16. The van der Waals surface area contributed by atoms with Gasteiger partial charge in [0, 0.05) is 12.1 Å². The molecule has 1 N–H and O–H groups in total. The van der Waals surface area contributed by atoms with E-state index in [1.54, 1.807) is 19.2 Å². The first-order valence-electron chi connectivity index (χ1n) is 8.44. The van der Waals surface area contributed by atoms with Gasteiger partial charge in [-0.05, 0) is 71.6 Å². The quantitative estimate of drug-likeness (QED) is 0.479. The molecule has 0 spiro atoms. The largest absolute Gasteiger partial charge is 0.493 e. The van der Waals surface area contributed by atoms with Crippen molar-refractivity contribution in [3.8, 4) is 11.5 Å². The topological polar surface area (TPSA) is 30.5 Å². The fraction of sp³-hybridized carbons (Fsp3) is 0.400. The van der Waals surface area contributed by atoms with E-state index in [0.717, 1.165) is 28.6 Å². The Bertz CT molecular complexity index is 766. The van der Waals surface area contributed by atoms with Crippen molar-refractivity contribution in [1.82, 2.24) is 5.32 Å². The van der Waals surface area contributed by atoms with Gasteiger partial charge in [0.15, 0.2) is 11.5 Å². The van der Waals surface area contributed by atoms with E-state index in [2.05, 4.69) is 42.0 Å². The maximum atomic E-state index is 6.06. The molecule has 3 nitrogen and oxygen atoms in total. The molecule has 2 aromatic rings. The van der Waals surface area contributed by atoms with Crippen LogP contribution in [0.4, 0.5) is 0 Å². The number of methoxy groups -OCH3 is 1. The predicted molar refractivity (Wildman–Crippen MR) is 113 cm³/mol. The molecule has 0 aliphatic rings. The van der Waals surface area contributed by atoms with Gasteiger partial charge in [0.1, 0.15) is 6.61 Å². The average Bonchev–Trinajstić information content (AvgIpc) is 2.61. The third kappa shape index (κ3) is 5.78. The monoisotopic (exact) mass is 459 g/mol. The Morgan fingerprint density at radius 3 is 2.42 bits per heavy atom. The van der Waals surface area contributed by atoms with Crippen LogP contribution in [0.5, 0.6) is 11.5 Å². The normalized spacial score (nSPS) is 11.5. The van der Waals surface area contributed by atoms with Crippen LogP contribution >= 0.6 is 39.1 Å².